The summed E-state index contributed by atoms with van der Waals surface area (Å²) in [7, 11) is -3.65. The van der Waals surface area contributed by atoms with Crippen molar-refractivity contribution in [1.29, 1.82) is 0 Å². The molecule has 128 valence electrons. The molecule has 8 heteroatoms. The molecule has 0 spiro atoms. The van der Waals surface area contributed by atoms with Crippen LogP contribution in [0.1, 0.15) is 41.7 Å². The molecule has 0 bridgehead atoms. The molecule has 7 nitrogen and oxygen atoms in total. The number of carbonyl (C=O) groups is 1. The molecule has 1 amide bonds. The molecule has 0 fully saturated rings. The molecule has 0 radical (unpaired) electrons. The highest BCUT2D eigenvalue weighted by molar-refractivity contribution is 7.91. The first-order valence-electron chi connectivity index (χ1n) is 7.80. The number of nitrogens with one attached hydrogen (secondary N) is 1. The molecule has 0 saturated carbocycles. The number of rotatable bonds is 5. The van der Waals surface area contributed by atoms with Gasteiger partial charge in [0.25, 0.3) is 0 Å². The van der Waals surface area contributed by atoms with Crippen LogP contribution in [0.4, 0.5) is 0 Å². The zero-order valence-corrected chi connectivity index (χ0v) is 14.2. The number of hydrogen-bond acceptors (Lipinski definition) is 6. The van der Waals surface area contributed by atoms with Crippen LogP contribution in [0.5, 0.6) is 0 Å². The van der Waals surface area contributed by atoms with Crippen molar-refractivity contribution in [2.75, 3.05) is 5.75 Å². The van der Waals surface area contributed by atoms with E-state index in [4.69, 9.17) is 4.52 Å². The van der Waals surface area contributed by atoms with Crippen LogP contribution in [-0.2, 0) is 26.8 Å². The van der Waals surface area contributed by atoms with Gasteiger partial charge in [0.1, 0.15) is 11.5 Å². The van der Waals surface area contributed by atoms with Crippen molar-refractivity contribution in [1.82, 2.24) is 15.5 Å². The fourth-order valence-electron chi connectivity index (χ4n) is 2.99. The van der Waals surface area contributed by atoms with E-state index >= 15 is 0 Å². The Labute approximate surface area is 140 Å². The minimum Gasteiger partial charge on any atom is -0.348 e. The summed E-state index contributed by atoms with van der Waals surface area (Å²) in [6.45, 7) is 1.58. The predicted octanol–water partition coefficient (Wildman–Crippen LogP) is 1.49. The Morgan fingerprint density at radius 3 is 2.92 bits per heavy atom. The minimum absolute atomic E-state index is 0.0725. The van der Waals surface area contributed by atoms with Gasteiger partial charge < -0.3 is 9.84 Å². The lowest BCUT2D eigenvalue weighted by Crippen LogP contribution is -2.35. The van der Waals surface area contributed by atoms with Gasteiger partial charge in [0.15, 0.2) is 15.7 Å². The minimum atomic E-state index is -3.65. The van der Waals surface area contributed by atoms with Crippen molar-refractivity contribution in [3.05, 3.63) is 47.1 Å². The summed E-state index contributed by atoms with van der Waals surface area (Å²) >= 11 is 0. The van der Waals surface area contributed by atoms with Gasteiger partial charge in [-0.15, -0.1) is 0 Å². The fraction of sp³-hybridized carbons (Fsp3) is 0.438. The molecule has 1 atom stereocenters. The second-order valence-electron chi connectivity index (χ2n) is 5.97. The Balaban J connectivity index is 1.63. The van der Waals surface area contributed by atoms with E-state index in [1.165, 1.54) is 5.56 Å². The molecule has 1 aromatic carbocycles. The van der Waals surface area contributed by atoms with E-state index in [0.29, 0.717) is 5.89 Å². The maximum atomic E-state index is 12.2. The van der Waals surface area contributed by atoms with Crippen LogP contribution in [0.2, 0.25) is 0 Å². The Bertz CT molecular complexity index is 845. The normalized spacial score (nSPS) is 17.3. The van der Waals surface area contributed by atoms with Gasteiger partial charge in [-0.25, -0.2) is 8.42 Å². The number of aryl methyl sites for hydroxylation is 2. The molecule has 24 heavy (non-hydrogen) atoms. The van der Waals surface area contributed by atoms with E-state index in [0.717, 1.165) is 24.8 Å². The van der Waals surface area contributed by atoms with E-state index in [-0.39, 0.29) is 11.9 Å². The van der Waals surface area contributed by atoms with E-state index < -0.39 is 27.3 Å². The summed E-state index contributed by atoms with van der Waals surface area (Å²) in [4.78, 5) is 16.0. The summed E-state index contributed by atoms with van der Waals surface area (Å²) in [6.07, 6.45) is 2.77. The zero-order chi connectivity index (χ0) is 17.2. The average molecular weight is 349 g/mol. The SMILES string of the molecule is Cc1nc(CS(=O)(=O)CC(=O)N[C@@H]2CCCc3ccccc32)no1. The first-order valence-corrected chi connectivity index (χ1v) is 9.62. The largest absolute Gasteiger partial charge is 0.348 e. The monoisotopic (exact) mass is 349 g/mol. The van der Waals surface area contributed by atoms with Crippen LogP contribution in [-0.4, -0.2) is 30.2 Å². The summed E-state index contributed by atoms with van der Waals surface area (Å²) in [6, 6.07) is 7.79. The molecule has 1 aliphatic rings. The average Bonchev–Trinajstić information content (AvgIpc) is 2.91. The van der Waals surface area contributed by atoms with Crippen molar-refractivity contribution in [2.45, 2.75) is 38.0 Å². The van der Waals surface area contributed by atoms with Crippen LogP contribution in [0.15, 0.2) is 28.8 Å². The number of benzene rings is 1. The number of amides is 1. The lowest BCUT2D eigenvalue weighted by atomic mass is 9.88. The molecule has 0 unspecified atom stereocenters. The maximum absolute atomic E-state index is 12.2. The van der Waals surface area contributed by atoms with E-state index in [9.17, 15) is 13.2 Å². The van der Waals surface area contributed by atoms with Gasteiger partial charge in [-0.1, -0.05) is 29.4 Å². The molecular weight excluding hydrogens is 330 g/mol. The van der Waals surface area contributed by atoms with Crippen LogP contribution < -0.4 is 5.32 Å². The molecule has 3 rings (SSSR count). The number of hydrogen-bond donors (Lipinski definition) is 1. The third-order valence-corrected chi connectivity index (χ3v) is 5.37. The second kappa shape index (κ2) is 6.72. The maximum Gasteiger partial charge on any atom is 0.235 e. The van der Waals surface area contributed by atoms with Gasteiger partial charge in [-0.2, -0.15) is 4.98 Å². The van der Waals surface area contributed by atoms with E-state index in [2.05, 4.69) is 15.5 Å². The predicted molar refractivity (Wildman–Crippen MR) is 86.8 cm³/mol. The first-order chi connectivity index (χ1) is 11.4. The highest BCUT2D eigenvalue weighted by atomic mass is 32.2. The number of aromatic nitrogens is 2. The van der Waals surface area contributed by atoms with Gasteiger partial charge in [-0.3, -0.25) is 4.79 Å². The van der Waals surface area contributed by atoms with Crippen LogP contribution in [0, 0.1) is 6.92 Å². The van der Waals surface area contributed by atoms with Gasteiger partial charge in [0.05, 0.1) is 6.04 Å². The van der Waals surface area contributed by atoms with Crippen molar-refractivity contribution in [3.8, 4) is 0 Å². The molecule has 1 heterocycles. The Morgan fingerprint density at radius 1 is 1.38 bits per heavy atom. The lowest BCUT2D eigenvalue weighted by Gasteiger charge is -2.26. The molecule has 1 N–H and O–H groups in total. The summed E-state index contributed by atoms with van der Waals surface area (Å²) in [5.74, 6) is -1.12. The highest BCUT2D eigenvalue weighted by Crippen LogP contribution is 2.29. The quantitative estimate of drug-likeness (QED) is 0.877. The standard InChI is InChI=1S/C16H19N3O4S/c1-11-17-15(19-23-11)9-24(21,22)10-16(20)18-14-8-4-6-12-5-2-3-7-13(12)14/h2-3,5,7,14H,4,6,8-10H2,1H3,(H,18,20)/t14-/m1/s1. The third-order valence-electron chi connectivity index (χ3n) is 3.97. The van der Waals surface area contributed by atoms with Crippen molar-refractivity contribution in [3.63, 3.8) is 0 Å². The van der Waals surface area contributed by atoms with E-state index in [1.54, 1.807) is 6.92 Å². The lowest BCUT2D eigenvalue weighted by molar-refractivity contribution is -0.119. The molecule has 0 aliphatic heterocycles. The third kappa shape index (κ3) is 4.00. The fourth-order valence-corrected chi connectivity index (χ4v) is 4.08. The zero-order valence-electron chi connectivity index (χ0n) is 13.4. The Morgan fingerprint density at radius 2 is 2.17 bits per heavy atom. The summed E-state index contributed by atoms with van der Waals surface area (Å²) in [5.41, 5.74) is 2.28. The smallest absolute Gasteiger partial charge is 0.235 e. The number of fused-ring (bicyclic) bond motifs is 1. The van der Waals surface area contributed by atoms with Gasteiger partial charge in [0, 0.05) is 6.92 Å². The van der Waals surface area contributed by atoms with Crippen molar-refractivity contribution < 1.29 is 17.7 Å². The van der Waals surface area contributed by atoms with E-state index in [1.807, 2.05) is 24.3 Å². The molecule has 2 aromatic rings. The molecule has 1 aliphatic carbocycles. The molecule has 1 aromatic heterocycles. The summed E-state index contributed by atoms with van der Waals surface area (Å²) in [5, 5.41) is 6.40. The first kappa shape index (κ1) is 16.6. The van der Waals surface area contributed by atoms with Gasteiger partial charge >= 0.3 is 0 Å². The van der Waals surface area contributed by atoms with Crippen molar-refractivity contribution >= 4 is 15.7 Å². The topological polar surface area (TPSA) is 102 Å². The second-order valence-corrected chi connectivity index (χ2v) is 8.04. The molecule has 0 saturated heterocycles. The Kier molecular flexibility index (Phi) is 4.66. The van der Waals surface area contributed by atoms with Gasteiger partial charge in [-0.05, 0) is 30.4 Å². The number of carbonyl (C=O) groups excluding carboxylic acids is 1. The van der Waals surface area contributed by atoms with Crippen LogP contribution in [0.3, 0.4) is 0 Å². The van der Waals surface area contributed by atoms with Crippen LogP contribution in [0.25, 0.3) is 0 Å². The van der Waals surface area contributed by atoms with Crippen LogP contribution >= 0.6 is 0 Å². The van der Waals surface area contributed by atoms with Crippen molar-refractivity contribution in [2.24, 2.45) is 0 Å². The molecular formula is C16H19N3O4S. The summed E-state index contributed by atoms with van der Waals surface area (Å²) < 4.78 is 29.0. The number of nitrogens with zero attached hydrogens (tertiary/aromatic N) is 2. The number of sulfone groups is 1. The Hall–Kier alpha value is -2.22. The highest BCUT2D eigenvalue weighted by Gasteiger charge is 2.25. The van der Waals surface area contributed by atoms with Gasteiger partial charge in [0.2, 0.25) is 11.8 Å².